The lowest BCUT2D eigenvalue weighted by molar-refractivity contribution is 0.914. The molecule has 52 heavy (non-hydrogen) atoms. The predicted molar refractivity (Wildman–Crippen MR) is 215 cm³/mol. The van der Waals surface area contributed by atoms with Gasteiger partial charge in [0, 0.05) is 32.8 Å². The summed E-state index contributed by atoms with van der Waals surface area (Å²) in [5.41, 5.74) is 7.59. The summed E-state index contributed by atoms with van der Waals surface area (Å²) in [5.74, 6) is 1.98. The average Bonchev–Trinajstić information content (AvgIpc) is 3.73. The van der Waals surface area contributed by atoms with E-state index in [9.17, 15) is 0 Å². The van der Waals surface area contributed by atoms with Gasteiger partial charge in [0.25, 0.3) is 0 Å². The van der Waals surface area contributed by atoms with Crippen molar-refractivity contribution in [2.24, 2.45) is 0 Å². The van der Waals surface area contributed by atoms with Crippen LogP contribution in [-0.4, -0.2) is 24.1 Å². The van der Waals surface area contributed by atoms with Crippen LogP contribution in [0.15, 0.2) is 164 Å². The van der Waals surface area contributed by atoms with Gasteiger partial charge in [0.1, 0.15) is 0 Å². The fraction of sp³-hybridized carbons (Fsp3) is 0.0426. The van der Waals surface area contributed by atoms with Crippen molar-refractivity contribution in [1.29, 1.82) is 0 Å². The normalized spacial score (nSPS) is 13.3. The molecule has 0 saturated carbocycles. The summed E-state index contributed by atoms with van der Waals surface area (Å²) in [6, 6.07) is 52.1. The third-order valence-electron chi connectivity index (χ3n) is 10.6. The molecule has 3 heterocycles. The van der Waals surface area contributed by atoms with Crippen molar-refractivity contribution in [3.8, 4) is 23.0 Å². The summed E-state index contributed by atoms with van der Waals surface area (Å²) < 4.78 is 4.74. The Morgan fingerprint density at radius 2 is 1.17 bits per heavy atom. The van der Waals surface area contributed by atoms with Gasteiger partial charge in [-0.2, -0.15) is 9.97 Å². The smallest absolute Gasteiger partial charge is 0.238 e. The second-order valence-electron chi connectivity index (χ2n) is 13.6. The molecular formula is C47H31N5. The Kier molecular flexibility index (Phi) is 6.31. The summed E-state index contributed by atoms with van der Waals surface area (Å²) in [5, 5.41) is 9.56. The fourth-order valence-electron chi connectivity index (χ4n) is 8.22. The first-order valence-electron chi connectivity index (χ1n) is 17.9. The molecule has 11 rings (SSSR count). The minimum atomic E-state index is 0.608. The highest BCUT2D eigenvalue weighted by molar-refractivity contribution is 6.29. The SMILES string of the molecule is C1=CCCC(c2nc(-c3ccccc3)nc(-n3c4cc5ccccc5cc4c4ccc5c6c7ccccc7ccc6n(-c6ccccc6)c5c43)n2)=C1. The van der Waals surface area contributed by atoms with Crippen molar-refractivity contribution in [1.82, 2.24) is 24.1 Å². The van der Waals surface area contributed by atoms with Crippen molar-refractivity contribution in [2.45, 2.75) is 12.8 Å². The Balaban J connectivity index is 1.37. The lowest BCUT2D eigenvalue weighted by Gasteiger charge is -2.14. The van der Waals surface area contributed by atoms with Crippen molar-refractivity contribution >= 4 is 70.7 Å². The van der Waals surface area contributed by atoms with Crippen LogP contribution >= 0.6 is 0 Å². The molecule has 5 nitrogen and oxygen atoms in total. The fourth-order valence-corrected chi connectivity index (χ4v) is 8.22. The van der Waals surface area contributed by atoms with E-state index < -0.39 is 0 Å². The Hall–Kier alpha value is -6.85. The molecule has 0 atom stereocenters. The molecule has 0 saturated heterocycles. The monoisotopic (exact) mass is 665 g/mol. The Bertz CT molecular complexity index is 3110. The first kappa shape index (κ1) is 28.9. The van der Waals surface area contributed by atoms with Gasteiger partial charge < -0.3 is 4.57 Å². The van der Waals surface area contributed by atoms with Crippen LogP contribution < -0.4 is 0 Å². The van der Waals surface area contributed by atoms with E-state index in [2.05, 4.69) is 155 Å². The van der Waals surface area contributed by atoms with Crippen LogP contribution in [0.25, 0.3) is 93.8 Å². The van der Waals surface area contributed by atoms with Gasteiger partial charge in [-0.1, -0.05) is 133 Å². The number of nitrogens with zero attached hydrogens (tertiary/aromatic N) is 5. The Morgan fingerprint density at radius 1 is 0.481 bits per heavy atom. The highest BCUT2D eigenvalue weighted by atomic mass is 15.2. The van der Waals surface area contributed by atoms with Crippen LogP contribution in [0, 0.1) is 0 Å². The number of hydrogen-bond acceptors (Lipinski definition) is 3. The number of rotatable bonds is 4. The van der Waals surface area contributed by atoms with Gasteiger partial charge in [0.05, 0.1) is 22.1 Å². The first-order valence-corrected chi connectivity index (χ1v) is 17.9. The molecule has 0 spiro atoms. The highest BCUT2D eigenvalue weighted by Gasteiger charge is 2.25. The van der Waals surface area contributed by atoms with Crippen molar-refractivity contribution in [3.63, 3.8) is 0 Å². The number of fused-ring (bicyclic) bond motifs is 10. The third kappa shape index (κ3) is 4.32. The van der Waals surface area contributed by atoms with E-state index >= 15 is 0 Å². The van der Waals surface area contributed by atoms with E-state index in [0.29, 0.717) is 17.6 Å². The summed E-state index contributed by atoms with van der Waals surface area (Å²) in [7, 11) is 0. The predicted octanol–water partition coefficient (Wildman–Crippen LogP) is 11.8. The maximum atomic E-state index is 5.35. The topological polar surface area (TPSA) is 48.5 Å². The number of allylic oxidation sites excluding steroid dienone is 4. The molecule has 0 bridgehead atoms. The maximum absolute atomic E-state index is 5.35. The molecule has 7 aromatic carbocycles. The maximum Gasteiger partial charge on any atom is 0.238 e. The van der Waals surface area contributed by atoms with E-state index in [1.54, 1.807) is 0 Å². The van der Waals surface area contributed by atoms with E-state index in [1.807, 2.05) is 18.2 Å². The number of hydrogen-bond donors (Lipinski definition) is 0. The van der Waals surface area contributed by atoms with Crippen LogP contribution in [0.3, 0.4) is 0 Å². The molecule has 0 amide bonds. The molecule has 244 valence electrons. The summed E-state index contributed by atoms with van der Waals surface area (Å²) in [6.45, 7) is 0. The van der Waals surface area contributed by atoms with Gasteiger partial charge in [-0.15, -0.1) is 0 Å². The third-order valence-corrected chi connectivity index (χ3v) is 10.6. The largest absolute Gasteiger partial charge is 0.307 e. The van der Waals surface area contributed by atoms with Crippen LogP contribution in [0.2, 0.25) is 0 Å². The Labute approximate surface area is 299 Å². The minimum absolute atomic E-state index is 0.608. The molecule has 10 aromatic rings. The van der Waals surface area contributed by atoms with E-state index in [-0.39, 0.29) is 0 Å². The average molecular weight is 666 g/mol. The minimum Gasteiger partial charge on any atom is -0.307 e. The molecule has 5 heteroatoms. The molecular weight excluding hydrogens is 635 g/mol. The van der Waals surface area contributed by atoms with Crippen LogP contribution in [0.5, 0.6) is 0 Å². The molecule has 1 aliphatic rings. The zero-order chi connectivity index (χ0) is 34.2. The summed E-state index contributed by atoms with van der Waals surface area (Å²) in [6.07, 6.45) is 8.30. The van der Waals surface area contributed by atoms with Gasteiger partial charge in [0.2, 0.25) is 5.95 Å². The highest BCUT2D eigenvalue weighted by Crippen LogP contribution is 2.44. The molecule has 0 aliphatic heterocycles. The van der Waals surface area contributed by atoms with Gasteiger partial charge in [0.15, 0.2) is 11.6 Å². The van der Waals surface area contributed by atoms with E-state index in [4.69, 9.17) is 15.0 Å². The number of para-hydroxylation sites is 1. The summed E-state index contributed by atoms with van der Waals surface area (Å²) in [4.78, 5) is 15.8. The standard InChI is InChI=1S/C47H31N5/c1-4-15-31(16-5-1)45-48-46(32-17-6-2-7-18-32)50-47(49-45)52-41-29-34-20-11-10-19-33(34)28-39(41)37-25-26-38-42-36-23-13-12-14-30(36)24-27-40(42)51(44(38)43(37)52)35-21-8-3-9-22-35/h1-6,8-17,19-29H,7,18H2. The number of aromatic nitrogens is 5. The van der Waals surface area contributed by atoms with Gasteiger partial charge in [-0.05, 0) is 70.3 Å². The molecule has 3 aromatic heterocycles. The van der Waals surface area contributed by atoms with E-state index in [1.165, 1.54) is 32.3 Å². The van der Waals surface area contributed by atoms with Gasteiger partial charge in [-0.25, -0.2) is 4.98 Å². The molecule has 0 unspecified atom stereocenters. The van der Waals surface area contributed by atoms with Gasteiger partial charge in [-0.3, -0.25) is 4.57 Å². The van der Waals surface area contributed by atoms with Crippen molar-refractivity contribution in [3.05, 3.63) is 170 Å². The van der Waals surface area contributed by atoms with Gasteiger partial charge >= 0.3 is 0 Å². The van der Waals surface area contributed by atoms with Crippen molar-refractivity contribution < 1.29 is 0 Å². The van der Waals surface area contributed by atoms with Crippen LogP contribution in [-0.2, 0) is 0 Å². The second-order valence-corrected chi connectivity index (χ2v) is 13.6. The van der Waals surface area contributed by atoms with Crippen molar-refractivity contribution in [2.75, 3.05) is 0 Å². The Morgan fingerprint density at radius 3 is 1.98 bits per heavy atom. The van der Waals surface area contributed by atoms with Crippen LogP contribution in [0.1, 0.15) is 18.7 Å². The summed E-state index contributed by atoms with van der Waals surface area (Å²) >= 11 is 0. The second kappa shape index (κ2) is 11.3. The zero-order valence-electron chi connectivity index (χ0n) is 28.2. The zero-order valence-corrected chi connectivity index (χ0v) is 28.2. The number of benzene rings is 7. The van der Waals surface area contributed by atoms with E-state index in [0.717, 1.165) is 62.5 Å². The first-order chi connectivity index (χ1) is 25.8. The molecule has 1 aliphatic carbocycles. The molecule has 0 radical (unpaired) electrons. The molecule has 0 fully saturated rings. The quantitative estimate of drug-likeness (QED) is 0.188. The lowest BCUT2D eigenvalue weighted by Crippen LogP contribution is -2.09. The molecule has 0 N–H and O–H groups in total. The van der Waals surface area contributed by atoms with Crippen LogP contribution in [0.4, 0.5) is 0 Å². The lowest BCUT2D eigenvalue weighted by atomic mass is 10.0.